The van der Waals surface area contributed by atoms with Crippen LogP contribution in [0.5, 0.6) is 0 Å². The number of fused-ring (bicyclic) bond motifs is 1. The Morgan fingerprint density at radius 2 is 1.65 bits per heavy atom. The molecule has 0 aliphatic carbocycles. The van der Waals surface area contributed by atoms with E-state index in [4.69, 9.17) is 0 Å². The van der Waals surface area contributed by atoms with Crippen LogP contribution >= 0.6 is 22.6 Å². The van der Waals surface area contributed by atoms with Crippen LogP contribution in [0.4, 0.5) is 0 Å². The normalized spacial score (nSPS) is 13.8. The summed E-state index contributed by atoms with van der Waals surface area (Å²) in [6, 6.07) is 15.9. The van der Waals surface area contributed by atoms with Gasteiger partial charge in [0.2, 0.25) is 0 Å². The monoisotopic (exact) mass is 375 g/mol. The summed E-state index contributed by atoms with van der Waals surface area (Å²) in [6.07, 6.45) is 0.845. The lowest BCUT2D eigenvalue weighted by atomic mass is 10.1. The summed E-state index contributed by atoms with van der Waals surface area (Å²) in [4.78, 5) is 14.2. The SMILES string of the molecule is C=C1c2ccccc2C(=O)N1CCc1ccccc1I. The molecule has 2 aromatic carbocycles. The van der Waals surface area contributed by atoms with E-state index in [1.54, 1.807) is 4.90 Å². The second kappa shape index (κ2) is 5.40. The molecule has 0 N–H and O–H groups in total. The lowest BCUT2D eigenvalue weighted by Crippen LogP contribution is -2.25. The van der Waals surface area contributed by atoms with Crippen LogP contribution < -0.4 is 0 Å². The molecule has 1 amide bonds. The maximum Gasteiger partial charge on any atom is 0.258 e. The number of carbonyl (C=O) groups is 1. The predicted octanol–water partition coefficient (Wildman–Crippen LogP) is 3.96. The van der Waals surface area contributed by atoms with Gasteiger partial charge in [0.1, 0.15) is 0 Å². The third-order valence-electron chi connectivity index (χ3n) is 3.60. The predicted molar refractivity (Wildman–Crippen MR) is 89.4 cm³/mol. The highest BCUT2D eigenvalue weighted by molar-refractivity contribution is 14.1. The maximum absolute atomic E-state index is 12.4. The molecule has 2 nitrogen and oxygen atoms in total. The van der Waals surface area contributed by atoms with Gasteiger partial charge in [-0.15, -0.1) is 0 Å². The minimum atomic E-state index is 0.0662. The minimum Gasteiger partial charge on any atom is -0.308 e. The van der Waals surface area contributed by atoms with E-state index in [9.17, 15) is 4.79 Å². The Hall–Kier alpha value is -1.62. The average molecular weight is 375 g/mol. The van der Waals surface area contributed by atoms with Gasteiger partial charge in [-0.05, 0) is 46.7 Å². The summed E-state index contributed by atoms with van der Waals surface area (Å²) in [5.41, 5.74) is 3.81. The topological polar surface area (TPSA) is 20.3 Å². The van der Waals surface area contributed by atoms with Crippen LogP contribution in [0.3, 0.4) is 0 Å². The molecule has 0 saturated heterocycles. The van der Waals surface area contributed by atoms with E-state index in [0.29, 0.717) is 6.54 Å². The van der Waals surface area contributed by atoms with Crippen molar-refractivity contribution in [2.75, 3.05) is 6.54 Å². The fourth-order valence-corrected chi connectivity index (χ4v) is 3.16. The van der Waals surface area contributed by atoms with Gasteiger partial charge < -0.3 is 4.90 Å². The standard InChI is InChI=1S/C17H14INO/c1-12-14-7-3-4-8-15(14)17(20)19(12)11-10-13-6-2-5-9-16(13)18/h2-9H,1,10-11H2. The molecular weight excluding hydrogens is 361 g/mol. The second-order valence-electron chi connectivity index (χ2n) is 4.79. The molecule has 1 heterocycles. The summed E-state index contributed by atoms with van der Waals surface area (Å²) in [6.45, 7) is 4.74. The molecule has 0 atom stereocenters. The quantitative estimate of drug-likeness (QED) is 0.744. The van der Waals surface area contributed by atoms with Gasteiger partial charge in [0.15, 0.2) is 0 Å². The molecule has 100 valence electrons. The molecule has 1 aliphatic rings. The number of benzene rings is 2. The number of halogens is 1. The van der Waals surface area contributed by atoms with Gasteiger partial charge in [0.25, 0.3) is 5.91 Å². The van der Waals surface area contributed by atoms with Crippen LogP contribution in [0.1, 0.15) is 21.5 Å². The van der Waals surface area contributed by atoms with Crippen LogP contribution in [0.25, 0.3) is 5.70 Å². The lowest BCUT2D eigenvalue weighted by Gasteiger charge is -2.17. The van der Waals surface area contributed by atoms with Gasteiger partial charge in [-0.1, -0.05) is 43.0 Å². The largest absolute Gasteiger partial charge is 0.308 e. The number of hydrogen-bond donors (Lipinski definition) is 0. The van der Waals surface area contributed by atoms with Crippen molar-refractivity contribution in [1.82, 2.24) is 4.90 Å². The summed E-state index contributed by atoms with van der Waals surface area (Å²) < 4.78 is 1.24. The van der Waals surface area contributed by atoms with Gasteiger partial charge in [-0.25, -0.2) is 0 Å². The van der Waals surface area contributed by atoms with Crippen molar-refractivity contribution >= 4 is 34.2 Å². The zero-order valence-corrected chi connectivity index (χ0v) is 13.1. The fourth-order valence-electron chi connectivity index (χ4n) is 2.50. The average Bonchev–Trinajstić information content (AvgIpc) is 2.71. The number of carbonyl (C=O) groups excluding carboxylic acids is 1. The first-order valence-electron chi connectivity index (χ1n) is 6.52. The minimum absolute atomic E-state index is 0.0662. The number of hydrogen-bond acceptors (Lipinski definition) is 1. The van der Waals surface area contributed by atoms with E-state index < -0.39 is 0 Å². The van der Waals surface area contributed by atoms with Crippen molar-refractivity contribution in [3.63, 3.8) is 0 Å². The van der Waals surface area contributed by atoms with Crippen molar-refractivity contribution in [3.8, 4) is 0 Å². The Morgan fingerprint density at radius 3 is 2.35 bits per heavy atom. The fraction of sp³-hybridized carbons (Fsp3) is 0.118. The Kier molecular flexibility index (Phi) is 3.61. The van der Waals surface area contributed by atoms with Crippen molar-refractivity contribution in [3.05, 3.63) is 75.4 Å². The van der Waals surface area contributed by atoms with Crippen molar-refractivity contribution in [2.24, 2.45) is 0 Å². The lowest BCUT2D eigenvalue weighted by molar-refractivity contribution is 0.0852. The summed E-state index contributed by atoms with van der Waals surface area (Å²) in [7, 11) is 0. The Bertz CT molecular complexity index is 658. The van der Waals surface area contributed by atoms with Crippen LogP contribution in [-0.2, 0) is 6.42 Å². The van der Waals surface area contributed by atoms with Crippen LogP contribution in [0.15, 0.2) is 55.1 Å². The summed E-state index contributed by atoms with van der Waals surface area (Å²) >= 11 is 2.33. The van der Waals surface area contributed by atoms with Crippen LogP contribution in [0.2, 0.25) is 0 Å². The molecule has 0 saturated carbocycles. The zero-order chi connectivity index (χ0) is 14.1. The van der Waals surface area contributed by atoms with Crippen molar-refractivity contribution in [1.29, 1.82) is 0 Å². The van der Waals surface area contributed by atoms with Gasteiger partial charge in [0, 0.05) is 26.9 Å². The highest BCUT2D eigenvalue weighted by Gasteiger charge is 2.29. The molecular formula is C17H14INO. The first-order valence-corrected chi connectivity index (χ1v) is 7.60. The molecule has 2 aromatic rings. The molecule has 0 aromatic heterocycles. The Balaban J connectivity index is 1.79. The third-order valence-corrected chi connectivity index (χ3v) is 4.65. The highest BCUT2D eigenvalue weighted by atomic mass is 127. The van der Waals surface area contributed by atoms with E-state index in [1.807, 2.05) is 36.4 Å². The first-order chi connectivity index (χ1) is 9.68. The van der Waals surface area contributed by atoms with E-state index in [1.165, 1.54) is 9.13 Å². The van der Waals surface area contributed by atoms with E-state index in [2.05, 4.69) is 41.3 Å². The number of rotatable bonds is 3. The molecule has 1 aliphatic heterocycles. The third kappa shape index (κ3) is 2.26. The second-order valence-corrected chi connectivity index (χ2v) is 5.95. The van der Waals surface area contributed by atoms with E-state index in [-0.39, 0.29) is 5.91 Å². The van der Waals surface area contributed by atoms with Crippen LogP contribution in [-0.4, -0.2) is 17.4 Å². The molecule has 0 radical (unpaired) electrons. The highest BCUT2D eigenvalue weighted by Crippen LogP contribution is 2.31. The van der Waals surface area contributed by atoms with Crippen LogP contribution in [0, 0.1) is 3.57 Å². The van der Waals surface area contributed by atoms with Gasteiger partial charge in [0.05, 0.1) is 0 Å². The van der Waals surface area contributed by atoms with E-state index >= 15 is 0 Å². The van der Waals surface area contributed by atoms with Gasteiger partial charge >= 0.3 is 0 Å². The molecule has 20 heavy (non-hydrogen) atoms. The molecule has 3 heteroatoms. The molecule has 0 bridgehead atoms. The first kappa shape index (κ1) is 13.4. The summed E-state index contributed by atoms with van der Waals surface area (Å²) in [5, 5.41) is 0. The zero-order valence-electron chi connectivity index (χ0n) is 11.0. The Morgan fingerprint density at radius 1 is 1.00 bits per heavy atom. The molecule has 0 fully saturated rings. The van der Waals surface area contributed by atoms with Gasteiger partial charge in [-0.3, -0.25) is 4.79 Å². The van der Waals surface area contributed by atoms with Gasteiger partial charge in [-0.2, -0.15) is 0 Å². The van der Waals surface area contributed by atoms with E-state index in [0.717, 1.165) is 23.2 Å². The number of amides is 1. The van der Waals surface area contributed by atoms with Crippen molar-refractivity contribution < 1.29 is 4.79 Å². The Labute approximate surface area is 132 Å². The maximum atomic E-state index is 12.4. The smallest absolute Gasteiger partial charge is 0.258 e. The molecule has 3 rings (SSSR count). The summed E-state index contributed by atoms with van der Waals surface area (Å²) in [5.74, 6) is 0.0662. The molecule has 0 unspecified atom stereocenters. The number of nitrogens with zero attached hydrogens (tertiary/aromatic N) is 1. The van der Waals surface area contributed by atoms with Crippen molar-refractivity contribution in [2.45, 2.75) is 6.42 Å². The molecule has 0 spiro atoms.